The lowest BCUT2D eigenvalue weighted by atomic mass is 9.75. The number of esters is 1. The molecule has 2 saturated carbocycles. The lowest BCUT2D eigenvalue weighted by molar-refractivity contribution is -0.207. The van der Waals surface area contributed by atoms with Crippen molar-refractivity contribution in [2.75, 3.05) is 6.61 Å². The van der Waals surface area contributed by atoms with Crippen molar-refractivity contribution in [1.82, 2.24) is 0 Å². The van der Waals surface area contributed by atoms with Gasteiger partial charge in [0.15, 0.2) is 12.4 Å². The van der Waals surface area contributed by atoms with Crippen LogP contribution in [0.15, 0.2) is 30.3 Å². The molecule has 6 atom stereocenters. The number of benzene rings is 1. The Morgan fingerprint density at radius 1 is 1.23 bits per heavy atom. The highest BCUT2D eigenvalue weighted by Crippen LogP contribution is 2.49. The molecule has 0 N–H and O–H groups in total. The Morgan fingerprint density at radius 3 is 2.69 bits per heavy atom. The highest BCUT2D eigenvalue weighted by atomic mass is 79.9. The van der Waals surface area contributed by atoms with Crippen molar-refractivity contribution in [1.29, 1.82) is 0 Å². The van der Waals surface area contributed by atoms with Gasteiger partial charge >= 0.3 is 5.97 Å². The van der Waals surface area contributed by atoms with Crippen LogP contribution in [0.4, 0.5) is 0 Å². The molecule has 0 amide bonds. The van der Waals surface area contributed by atoms with Gasteiger partial charge in [-0.1, -0.05) is 46.3 Å². The summed E-state index contributed by atoms with van der Waals surface area (Å²) < 4.78 is 17.4. The first-order chi connectivity index (χ1) is 12.6. The maximum Gasteiger partial charge on any atom is 0.340 e. The van der Waals surface area contributed by atoms with E-state index in [-0.39, 0.29) is 34.8 Å². The third-order valence-corrected chi connectivity index (χ3v) is 6.90. The number of hydrogen-bond donors (Lipinski definition) is 0. The molecule has 1 heterocycles. The average molecular weight is 423 g/mol. The van der Waals surface area contributed by atoms with E-state index < -0.39 is 12.1 Å². The van der Waals surface area contributed by atoms with E-state index in [1.807, 2.05) is 30.3 Å². The van der Waals surface area contributed by atoms with Crippen molar-refractivity contribution in [3.8, 4) is 0 Å². The van der Waals surface area contributed by atoms with Crippen molar-refractivity contribution in [2.45, 2.75) is 55.4 Å². The Labute approximate surface area is 161 Å². The molecule has 0 aromatic heterocycles. The zero-order valence-electron chi connectivity index (χ0n) is 14.5. The van der Waals surface area contributed by atoms with Gasteiger partial charge in [0.05, 0.1) is 4.83 Å². The number of ether oxygens (including phenoxy) is 3. The zero-order chi connectivity index (χ0) is 18.1. The van der Waals surface area contributed by atoms with Crippen LogP contribution in [0.25, 0.3) is 0 Å². The second-order valence-corrected chi connectivity index (χ2v) is 8.38. The topological polar surface area (TPSA) is 61.8 Å². The summed E-state index contributed by atoms with van der Waals surface area (Å²) in [6.45, 7) is 0.652. The Balaban J connectivity index is 1.46. The van der Waals surface area contributed by atoms with Crippen LogP contribution in [0.5, 0.6) is 0 Å². The summed E-state index contributed by atoms with van der Waals surface area (Å²) in [7, 11) is 0. The summed E-state index contributed by atoms with van der Waals surface area (Å²) in [6.07, 6.45) is 2.53. The minimum absolute atomic E-state index is 0.0370. The number of fused-ring (bicyclic) bond motifs is 1. The number of carbonyl (C=O) groups is 2. The monoisotopic (exact) mass is 422 g/mol. The lowest BCUT2D eigenvalue weighted by Crippen LogP contribution is -2.37. The number of rotatable bonds is 5. The van der Waals surface area contributed by atoms with Gasteiger partial charge < -0.3 is 14.2 Å². The fourth-order valence-corrected chi connectivity index (χ4v) is 4.97. The van der Waals surface area contributed by atoms with Gasteiger partial charge in [-0.15, -0.1) is 0 Å². The van der Waals surface area contributed by atoms with Gasteiger partial charge in [-0.2, -0.15) is 0 Å². The predicted molar refractivity (Wildman–Crippen MR) is 97.7 cm³/mol. The summed E-state index contributed by atoms with van der Waals surface area (Å²) in [4.78, 5) is 24.7. The van der Waals surface area contributed by atoms with Gasteiger partial charge in [0, 0.05) is 18.9 Å². The van der Waals surface area contributed by atoms with Gasteiger partial charge in [0.25, 0.3) is 0 Å². The second-order valence-electron chi connectivity index (χ2n) is 7.32. The molecule has 26 heavy (non-hydrogen) atoms. The molecule has 1 saturated heterocycles. The highest BCUT2D eigenvalue weighted by molar-refractivity contribution is 9.09. The molecule has 4 rings (SSSR count). The Morgan fingerprint density at radius 2 is 2.04 bits per heavy atom. The molecule has 1 aromatic rings. The quantitative estimate of drug-likeness (QED) is 0.536. The van der Waals surface area contributed by atoms with Crippen LogP contribution in [0.1, 0.15) is 43.8 Å². The van der Waals surface area contributed by atoms with E-state index in [9.17, 15) is 9.59 Å². The summed E-state index contributed by atoms with van der Waals surface area (Å²) >= 11 is 3.63. The molecule has 140 valence electrons. The molecule has 2 aliphatic carbocycles. The fourth-order valence-electron chi connectivity index (χ4n) is 4.09. The molecule has 5 nitrogen and oxygen atoms in total. The molecule has 0 radical (unpaired) electrons. The molecule has 0 spiro atoms. The highest BCUT2D eigenvalue weighted by Gasteiger charge is 2.54. The maximum atomic E-state index is 12.9. The second kappa shape index (κ2) is 7.79. The van der Waals surface area contributed by atoms with Crippen molar-refractivity contribution in [3.63, 3.8) is 0 Å². The van der Waals surface area contributed by atoms with E-state index in [1.54, 1.807) is 0 Å². The number of halogens is 1. The smallest absolute Gasteiger partial charge is 0.340 e. The predicted octanol–water partition coefficient (Wildman–Crippen LogP) is 3.56. The number of carbonyl (C=O) groups excluding carboxylic acids is 2. The SMILES string of the molecule is O=C(O[C@H]1C[C@H]2C(=O)C[C@H]2[C@@H]1Br)[C@H](O[C@H]1CCCCO1)c1ccccc1. The Hall–Kier alpha value is -1.24. The molecule has 1 aromatic carbocycles. The zero-order valence-corrected chi connectivity index (χ0v) is 16.1. The average Bonchev–Trinajstić information content (AvgIpc) is 2.92. The van der Waals surface area contributed by atoms with Crippen molar-refractivity contribution >= 4 is 27.7 Å². The lowest BCUT2D eigenvalue weighted by Gasteiger charge is -2.30. The van der Waals surface area contributed by atoms with Gasteiger partial charge in [-0.05, 0) is 37.2 Å². The van der Waals surface area contributed by atoms with Gasteiger partial charge in [-0.3, -0.25) is 4.79 Å². The Kier molecular flexibility index (Phi) is 5.43. The first-order valence-electron chi connectivity index (χ1n) is 9.33. The number of Topliss-reactive ketones (excluding diaryl/α,β-unsaturated/α-hetero) is 1. The first-order valence-corrected chi connectivity index (χ1v) is 10.2. The van der Waals surface area contributed by atoms with Crippen LogP contribution < -0.4 is 0 Å². The van der Waals surface area contributed by atoms with E-state index in [2.05, 4.69) is 15.9 Å². The molecular weight excluding hydrogens is 400 g/mol. The number of hydrogen-bond acceptors (Lipinski definition) is 5. The Bertz CT molecular complexity index is 657. The molecule has 3 aliphatic rings. The molecule has 3 fully saturated rings. The van der Waals surface area contributed by atoms with Crippen LogP contribution in [0.3, 0.4) is 0 Å². The summed E-state index contributed by atoms with van der Waals surface area (Å²) in [6, 6.07) is 9.38. The van der Waals surface area contributed by atoms with Crippen LogP contribution in [0, 0.1) is 11.8 Å². The van der Waals surface area contributed by atoms with Gasteiger partial charge in [-0.25, -0.2) is 4.79 Å². The normalized spacial score (nSPS) is 34.7. The van der Waals surface area contributed by atoms with Crippen LogP contribution in [-0.4, -0.2) is 35.6 Å². The van der Waals surface area contributed by atoms with Crippen LogP contribution in [0.2, 0.25) is 0 Å². The largest absolute Gasteiger partial charge is 0.459 e. The maximum absolute atomic E-state index is 12.9. The first kappa shape index (κ1) is 18.1. The van der Waals surface area contributed by atoms with E-state index in [0.717, 1.165) is 24.8 Å². The molecular formula is C20H23BrO5. The van der Waals surface area contributed by atoms with Gasteiger partial charge in [0.1, 0.15) is 11.9 Å². The number of alkyl halides is 1. The van der Waals surface area contributed by atoms with Crippen molar-refractivity contribution in [2.24, 2.45) is 11.8 Å². The summed E-state index contributed by atoms with van der Waals surface area (Å²) in [5.74, 6) is 0.200. The van der Waals surface area contributed by atoms with Crippen molar-refractivity contribution in [3.05, 3.63) is 35.9 Å². The standard InChI is InChI=1S/C20H23BrO5/c21-18-14-10-15(22)13(14)11-16(18)25-20(23)19(12-6-2-1-3-7-12)26-17-8-4-5-9-24-17/h1-3,6-7,13-14,16-19H,4-5,8-11H2/t13-,14-,16+,17+,18+,19-/m1/s1. The fraction of sp³-hybridized carbons (Fsp3) is 0.600. The van der Waals surface area contributed by atoms with E-state index >= 15 is 0 Å². The van der Waals surface area contributed by atoms with E-state index in [0.29, 0.717) is 19.4 Å². The molecule has 1 aliphatic heterocycles. The van der Waals surface area contributed by atoms with E-state index in [1.165, 1.54) is 0 Å². The molecule has 0 bridgehead atoms. The minimum Gasteiger partial charge on any atom is -0.459 e. The molecule has 6 heteroatoms. The summed E-state index contributed by atoms with van der Waals surface area (Å²) in [5, 5.41) is 0. The minimum atomic E-state index is -0.812. The van der Waals surface area contributed by atoms with Gasteiger partial charge in [0.2, 0.25) is 0 Å². The van der Waals surface area contributed by atoms with E-state index in [4.69, 9.17) is 14.2 Å². The summed E-state index contributed by atoms with van der Waals surface area (Å²) in [5.41, 5.74) is 0.759. The van der Waals surface area contributed by atoms with Crippen LogP contribution in [-0.2, 0) is 23.8 Å². The van der Waals surface area contributed by atoms with Crippen molar-refractivity contribution < 1.29 is 23.8 Å². The number of ketones is 1. The van der Waals surface area contributed by atoms with Crippen LogP contribution >= 0.6 is 15.9 Å². The third kappa shape index (κ3) is 3.59. The molecule has 0 unspecified atom stereocenters. The third-order valence-electron chi connectivity index (χ3n) is 5.63.